The van der Waals surface area contributed by atoms with Crippen molar-refractivity contribution < 1.29 is 24.2 Å². The average Bonchev–Trinajstić information content (AvgIpc) is 2.98. The molecule has 1 saturated carbocycles. The van der Waals surface area contributed by atoms with Crippen LogP contribution < -0.4 is 10.9 Å². The van der Waals surface area contributed by atoms with Gasteiger partial charge in [0.25, 0.3) is 12.4 Å². The molecule has 3 atom stereocenters. The fourth-order valence-corrected chi connectivity index (χ4v) is 4.13. The molecule has 1 aliphatic heterocycles. The number of carbonyl (C=O) groups is 3. The number of pyridine rings is 1. The molecule has 10 heteroatoms. The highest BCUT2D eigenvalue weighted by Crippen LogP contribution is 2.28. The van der Waals surface area contributed by atoms with Gasteiger partial charge in [-0.3, -0.25) is 19.2 Å². The third-order valence-electron chi connectivity index (χ3n) is 5.80. The summed E-state index contributed by atoms with van der Waals surface area (Å²) >= 11 is 0. The van der Waals surface area contributed by atoms with Gasteiger partial charge in [-0.1, -0.05) is 6.07 Å². The third kappa shape index (κ3) is 7.18. The minimum Gasteiger partial charge on any atom is -0.483 e. The Morgan fingerprint density at radius 3 is 2.65 bits per heavy atom. The summed E-state index contributed by atoms with van der Waals surface area (Å²) in [6.45, 7) is 3.24. The van der Waals surface area contributed by atoms with Gasteiger partial charge in [0.1, 0.15) is 5.69 Å². The second-order valence-corrected chi connectivity index (χ2v) is 7.88. The molecule has 10 nitrogen and oxygen atoms in total. The maximum Gasteiger partial charge on any atom is 0.290 e. The zero-order valence-corrected chi connectivity index (χ0v) is 18.1. The van der Waals surface area contributed by atoms with E-state index in [1.165, 1.54) is 6.07 Å². The Morgan fingerprint density at radius 1 is 1.23 bits per heavy atom. The van der Waals surface area contributed by atoms with Crippen LogP contribution in [0.2, 0.25) is 0 Å². The lowest BCUT2D eigenvalue weighted by Crippen LogP contribution is -2.50. The fraction of sp³-hybridized carbons (Fsp3) is 0.619. The molecular weight excluding hydrogens is 404 g/mol. The van der Waals surface area contributed by atoms with Gasteiger partial charge in [0, 0.05) is 38.7 Å². The number of carboxylic acid groups (broad SMARTS) is 1. The van der Waals surface area contributed by atoms with Crippen LogP contribution in [0.4, 0.5) is 0 Å². The van der Waals surface area contributed by atoms with Gasteiger partial charge in [-0.15, -0.1) is 0 Å². The van der Waals surface area contributed by atoms with E-state index in [4.69, 9.17) is 14.6 Å². The van der Waals surface area contributed by atoms with Gasteiger partial charge < -0.3 is 29.9 Å². The van der Waals surface area contributed by atoms with Crippen LogP contribution in [0.15, 0.2) is 23.0 Å². The van der Waals surface area contributed by atoms with Crippen LogP contribution >= 0.6 is 0 Å². The molecule has 0 aromatic carbocycles. The summed E-state index contributed by atoms with van der Waals surface area (Å²) in [7, 11) is 3.70. The number of carbonyl (C=O) groups excluding carboxylic acids is 2. The number of hydrogen-bond acceptors (Lipinski definition) is 6. The molecular formula is C21H32N4O6. The van der Waals surface area contributed by atoms with Gasteiger partial charge >= 0.3 is 0 Å². The summed E-state index contributed by atoms with van der Waals surface area (Å²) in [5.41, 5.74) is -0.0809. The highest BCUT2D eigenvalue weighted by molar-refractivity contribution is 5.92. The molecule has 0 bridgehead atoms. The number of aromatic amines is 1. The van der Waals surface area contributed by atoms with Crippen LogP contribution in [-0.4, -0.2) is 90.7 Å². The smallest absolute Gasteiger partial charge is 0.290 e. The molecule has 1 aliphatic carbocycles. The Labute approximate surface area is 181 Å². The highest BCUT2D eigenvalue weighted by Gasteiger charge is 2.36. The lowest BCUT2D eigenvalue weighted by atomic mass is 9.82. The Hall–Kier alpha value is -2.72. The van der Waals surface area contributed by atoms with Gasteiger partial charge in [-0.25, -0.2) is 0 Å². The summed E-state index contributed by atoms with van der Waals surface area (Å²) in [5, 5.41) is 9.84. The number of hydrogen-bond donors (Lipinski definition) is 3. The molecule has 1 aromatic heterocycles. The molecule has 3 N–H and O–H groups in total. The first-order valence-corrected chi connectivity index (χ1v) is 10.5. The number of rotatable bonds is 4. The number of amides is 2. The number of nitrogens with one attached hydrogen (secondary N) is 2. The first-order chi connectivity index (χ1) is 14.9. The number of ether oxygens (including phenoxy) is 1. The van der Waals surface area contributed by atoms with E-state index in [1.807, 2.05) is 4.90 Å². The molecule has 0 radical (unpaired) electrons. The van der Waals surface area contributed by atoms with Gasteiger partial charge in [-0.05, 0) is 45.3 Å². The fourth-order valence-electron chi connectivity index (χ4n) is 4.13. The minimum atomic E-state index is -0.329. The standard InChI is InChI=1S/C20H30N4O4.CH2O2/c1-23-9-4-10-24(12-11-23)20(27)14-7-8-15(17(13-14)28-2)22-19(26)16-5-3-6-18(25)21-16;2-1-3/h3,5-6,14-15,17H,4,7-13H2,1-2H3,(H,21,25)(H,22,26);1H,(H,2,3)/t14-,15-,17-;/m0./s1. The van der Waals surface area contributed by atoms with Crippen molar-refractivity contribution in [2.45, 2.75) is 37.8 Å². The summed E-state index contributed by atoms with van der Waals surface area (Å²) in [5.74, 6) is -0.197. The normalized spacial score (nSPS) is 24.3. The van der Waals surface area contributed by atoms with E-state index in [0.29, 0.717) is 12.8 Å². The van der Waals surface area contributed by atoms with E-state index in [-0.39, 0.29) is 47.6 Å². The highest BCUT2D eigenvalue weighted by atomic mass is 16.5. The first kappa shape index (κ1) is 24.5. The van der Waals surface area contributed by atoms with Crippen molar-refractivity contribution in [1.29, 1.82) is 0 Å². The Kier molecular flexibility index (Phi) is 9.67. The average molecular weight is 437 g/mol. The monoisotopic (exact) mass is 436 g/mol. The topological polar surface area (TPSA) is 132 Å². The third-order valence-corrected chi connectivity index (χ3v) is 5.80. The SMILES string of the molecule is CO[C@H]1C[C@@H](C(=O)N2CCCN(C)CC2)CC[C@@H]1NC(=O)c1cccc(=O)[nH]1.O=CO. The summed E-state index contributed by atoms with van der Waals surface area (Å²) in [6.07, 6.45) is 2.76. The van der Waals surface area contributed by atoms with Gasteiger partial charge in [0.05, 0.1) is 12.1 Å². The van der Waals surface area contributed by atoms with Crippen LogP contribution in [0.5, 0.6) is 0 Å². The van der Waals surface area contributed by atoms with Gasteiger partial charge in [0.15, 0.2) is 0 Å². The maximum atomic E-state index is 13.0. The van der Waals surface area contributed by atoms with Crippen molar-refractivity contribution >= 4 is 18.3 Å². The summed E-state index contributed by atoms with van der Waals surface area (Å²) in [4.78, 5) is 52.0. The van der Waals surface area contributed by atoms with Crippen LogP contribution in [0.3, 0.4) is 0 Å². The molecule has 172 valence electrons. The molecule has 1 saturated heterocycles. The van der Waals surface area contributed by atoms with Gasteiger partial charge in [0.2, 0.25) is 11.5 Å². The number of methoxy groups -OCH3 is 1. The predicted molar refractivity (Wildman–Crippen MR) is 114 cm³/mol. The zero-order valence-electron chi connectivity index (χ0n) is 18.1. The van der Waals surface area contributed by atoms with Crippen molar-refractivity contribution in [2.24, 2.45) is 5.92 Å². The Bertz CT molecular complexity index is 798. The lowest BCUT2D eigenvalue weighted by Gasteiger charge is -2.37. The van der Waals surface area contributed by atoms with E-state index in [2.05, 4.69) is 22.2 Å². The van der Waals surface area contributed by atoms with E-state index in [9.17, 15) is 14.4 Å². The van der Waals surface area contributed by atoms with Gasteiger partial charge in [-0.2, -0.15) is 0 Å². The maximum absolute atomic E-state index is 13.0. The molecule has 0 unspecified atom stereocenters. The van der Waals surface area contributed by atoms with Crippen molar-refractivity contribution in [2.75, 3.05) is 40.3 Å². The molecule has 2 heterocycles. The van der Waals surface area contributed by atoms with Crippen molar-refractivity contribution in [3.05, 3.63) is 34.2 Å². The van der Waals surface area contributed by atoms with E-state index in [1.54, 1.807) is 19.2 Å². The predicted octanol–water partition coefficient (Wildman–Crippen LogP) is 0.153. The summed E-state index contributed by atoms with van der Waals surface area (Å²) in [6, 6.07) is 4.31. The molecule has 31 heavy (non-hydrogen) atoms. The van der Waals surface area contributed by atoms with Crippen LogP contribution in [0.25, 0.3) is 0 Å². The number of likely N-dealkylation sites (N-methyl/N-ethyl adjacent to an activating group) is 1. The number of H-pyrrole nitrogens is 1. The second-order valence-electron chi connectivity index (χ2n) is 7.88. The van der Waals surface area contributed by atoms with E-state index in [0.717, 1.165) is 39.0 Å². The Morgan fingerprint density at radius 2 is 1.97 bits per heavy atom. The number of nitrogens with zero attached hydrogens (tertiary/aromatic N) is 2. The van der Waals surface area contributed by atoms with Crippen LogP contribution in [-0.2, 0) is 14.3 Å². The van der Waals surface area contributed by atoms with Crippen LogP contribution in [0, 0.1) is 5.92 Å². The molecule has 2 amide bonds. The molecule has 1 aromatic rings. The molecule has 3 rings (SSSR count). The van der Waals surface area contributed by atoms with Crippen molar-refractivity contribution in [3.63, 3.8) is 0 Å². The van der Waals surface area contributed by atoms with Crippen LogP contribution in [0.1, 0.15) is 36.2 Å². The quantitative estimate of drug-likeness (QED) is 0.573. The lowest BCUT2D eigenvalue weighted by molar-refractivity contribution is -0.138. The second kappa shape index (κ2) is 12.2. The molecule has 0 spiro atoms. The summed E-state index contributed by atoms with van der Waals surface area (Å²) < 4.78 is 5.61. The molecule has 2 aliphatic rings. The number of aromatic nitrogens is 1. The van der Waals surface area contributed by atoms with Crippen molar-refractivity contribution in [1.82, 2.24) is 20.1 Å². The minimum absolute atomic E-state index is 0.0713. The largest absolute Gasteiger partial charge is 0.483 e. The first-order valence-electron chi connectivity index (χ1n) is 10.5. The zero-order chi connectivity index (χ0) is 22.8. The van der Waals surface area contributed by atoms with E-state index >= 15 is 0 Å². The molecule has 2 fully saturated rings. The van der Waals surface area contributed by atoms with Crippen molar-refractivity contribution in [3.8, 4) is 0 Å². The van der Waals surface area contributed by atoms with E-state index < -0.39 is 0 Å². The Balaban J connectivity index is 0.00000107.